The van der Waals surface area contributed by atoms with Crippen LogP contribution >= 0.6 is 0 Å². The second-order valence-corrected chi connectivity index (χ2v) is 11.1. The minimum atomic E-state index is -4.59. The summed E-state index contributed by atoms with van der Waals surface area (Å²) in [4.78, 5) is 23.8. The van der Waals surface area contributed by atoms with Crippen LogP contribution in [-0.4, -0.2) is 60.0 Å². The molecule has 232 valence electrons. The first-order chi connectivity index (χ1) is 20.3. The Morgan fingerprint density at radius 3 is 2.42 bits per heavy atom. The topological polar surface area (TPSA) is 56.1 Å². The molecular formula is C32H40F4N6O. The zero-order valence-corrected chi connectivity index (χ0v) is 25.4. The maximum absolute atomic E-state index is 13.8. The summed E-state index contributed by atoms with van der Waals surface area (Å²) in [7, 11) is 3.68. The standard InChI is InChI=1S/C32H40F4N6O/c1-7-24-17-29(41-12-14-42(15-13-41)30-20-37-19-22(3)39(30)5)40(6)31(43)11-8-21(2)16-26(24)23(4)38-28-10-9-25(33)18-27(28)32(34,35)36/h8-11,16-17,19-20,23,27,38H,3,7,12-15,18H2,1-2,4-6H3/t23-,27?/m1/s1. The van der Waals surface area contributed by atoms with Crippen LogP contribution in [0.5, 0.6) is 0 Å². The van der Waals surface area contributed by atoms with E-state index in [-0.39, 0.29) is 11.3 Å². The fourth-order valence-electron chi connectivity index (χ4n) is 5.57. The molecule has 0 saturated carbocycles. The van der Waals surface area contributed by atoms with Crippen molar-refractivity contribution in [1.29, 1.82) is 0 Å². The number of aromatic nitrogens is 1. The van der Waals surface area contributed by atoms with Gasteiger partial charge in [0.05, 0.1) is 18.1 Å². The number of aliphatic imine (C=N–C) groups is 1. The van der Waals surface area contributed by atoms with Gasteiger partial charge in [-0.15, -0.1) is 0 Å². The smallest absolute Gasteiger partial charge is 0.381 e. The Kier molecular flexibility index (Phi) is 9.72. The molecular weight excluding hydrogens is 560 g/mol. The molecule has 0 aromatic carbocycles. The molecule has 0 bridgehead atoms. The normalized spacial score (nSPS) is 19.8. The Morgan fingerprint density at radius 1 is 1.09 bits per heavy atom. The van der Waals surface area contributed by atoms with Gasteiger partial charge in [-0.05, 0) is 49.6 Å². The predicted molar refractivity (Wildman–Crippen MR) is 164 cm³/mol. The predicted octanol–water partition coefficient (Wildman–Crippen LogP) is 5.80. The minimum absolute atomic E-state index is 0.0651. The van der Waals surface area contributed by atoms with Gasteiger partial charge < -0.3 is 20.0 Å². The van der Waals surface area contributed by atoms with E-state index in [4.69, 9.17) is 0 Å². The summed E-state index contributed by atoms with van der Waals surface area (Å²) in [6.07, 6.45) is 1.07. The summed E-state index contributed by atoms with van der Waals surface area (Å²) in [5.74, 6) is -1.06. The first-order valence-corrected chi connectivity index (χ1v) is 14.4. The Labute approximate surface area is 250 Å². The number of nitrogens with zero attached hydrogens (tertiary/aromatic N) is 5. The lowest BCUT2D eigenvalue weighted by Crippen LogP contribution is -2.49. The van der Waals surface area contributed by atoms with Crippen molar-refractivity contribution in [3.8, 4) is 0 Å². The average Bonchev–Trinajstić information content (AvgIpc) is 2.97. The van der Waals surface area contributed by atoms with Gasteiger partial charge in [-0.25, -0.2) is 4.39 Å². The molecule has 0 amide bonds. The zero-order valence-electron chi connectivity index (χ0n) is 25.4. The molecule has 4 rings (SSSR count). The van der Waals surface area contributed by atoms with Crippen molar-refractivity contribution in [2.45, 2.75) is 45.8 Å². The molecule has 1 N–H and O–H groups in total. The van der Waals surface area contributed by atoms with Gasteiger partial charge in [0.15, 0.2) is 0 Å². The van der Waals surface area contributed by atoms with Gasteiger partial charge >= 0.3 is 6.18 Å². The first-order valence-electron chi connectivity index (χ1n) is 14.4. The highest BCUT2D eigenvalue weighted by Gasteiger charge is 2.44. The van der Waals surface area contributed by atoms with Gasteiger partial charge in [-0.2, -0.15) is 13.2 Å². The largest absolute Gasteiger partial charge is 0.397 e. The molecule has 1 saturated heterocycles. The van der Waals surface area contributed by atoms with Crippen LogP contribution in [0.3, 0.4) is 0 Å². The minimum Gasteiger partial charge on any atom is -0.381 e. The van der Waals surface area contributed by atoms with E-state index >= 15 is 0 Å². The lowest BCUT2D eigenvalue weighted by atomic mass is 9.93. The molecule has 1 fully saturated rings. The van der Waals surface area contributed by atoms with Crippen LogP contribution in [-0.2, 0) is 13.5 Å². The highest BCUT2D eigenvalue weighted by Crippen LogP contribution is 2.39. The van der Waals surface area contributed by atoms with Gasteiger partial charge in [0, 0.05) is 64.5 Å². The van der Waals surface area contributed by atoms with Crippen molar-refractivity contribution >= 4 is 12.0 Å². The van der Waals surface area contributed by atoms with Crippen molar-refractivity contribution in [3.63, 3.8) is 0 Å². The maximum Gasteiger partial charge on any atom is 0.397 e. The van der Waals surface area contributed by atoms with Gasteiger partial charge in [-0.3, -0.25) is 14.4 Å². The quantitative estimate of drug-likeness (QED) is 0.419. The van der Waals surface area contributed by atoms with E-state index in [1.807, 2.05) is 44.1 Å². The van der Waals surface area contributed by atoms with E-state index in [0.29, 0.717) is 38.4 Å². The molecule has 7 nitrogen and oxygen atoms in total. The summed E-state index contributed by atoms with van der Waals surface area (Å²) in [5, 5.41) is 3.04. The molecule has 0 radical (unpaired) electrons. The van der Waals surface area contributed by atoms with Crippen LogP contribution in [0.1, 0.15) is 43.0 Å². The highest BCUT2D eigenvalue weighted by atomic mass is 19.4. The van der Waals surface area contributed by atoms with E-state index < -0.39 is 30.4 Å². The molecule has 1 unspecified atom stereocenters. The third-order valence-corrected chi connectivity index (χ3v) is 8.18. The molecule has 0 spiro atoms. The third-order valence-electron chi connectivity index (χ3n) is 8.18. The molecule has 11 heteroatoms. The van der Waals surface area contributed by atoms with Crippen LogP contribution in [0.15, 0.2) is 82.0 Å². The third kappa shape index (κ3) is 7.32. The number of halogens is 4. The zero-order chi connectivity index (χ0) is 31.5. The Bertz CT molecular complexity index is 1480. The van der Waals surface area contributed by atoms with Gasteiger partial charge in [0.2, 0.25) is 0 Å². The fourth-order valence-corrected chi connectivity index (χ4v) is 5.57. The molecule has 3 heterocycles. The number of nitrogens with one attached hydrogen (secondary N) is 1. The van der Waals surface area contributed by atoms with E-state index in [9.17, 15) is 22.4 Å². The fraction of sp³-hybridized carbons (Fsp3) is 0.438. The molecule has 43 heavy (non-hydrogen) atoms. The average molecular weight is 601 g/mol. The maximum atomic E-state index is 13.8. The van der Waals surface area contributed by atoms with Crippen molar-refractivity contribution in [3.05, 3.63) is 99.3 Å². The van der Waals surface area contributed by atoms with Crippen LogP contribution in [0.25, 0.3) is 0 Å². The molecule has 2 aliphatic heterocycles. The highest BCUT2D eigenvalue weighted by molar-refractivity contribution is 5.78. The van der Waals surface area contributed by atoms with E-state index in [1.54, 1.807) is 30.8 Å². The summed E-state index contributed by atoms with van der Waals surface area (Å²) in [6.45, 7) is 12.3. The summed E-state index contributed by atoms with van der Waals surface area (Å²) in [5.41, 5.74) is 3.02. The monoisotopic (exact) mass is 600 g/mol. The van der Waals surface area contributed by atoms with Crippen molar-refractivity contribution < 1.29 is 17.6 Å². The number of anilines is 1. The second-order valence-electron chi connectivity index (χ2n) is 11.1. The summed E-state index contributed by atoms with van der Waals surface area (Å²) in [6, 6.07) is 6.57. The number of allylic oxidation sites excluding steroid dienone is 5. The molecule has 1 aromatic rings. The van der Waals surface area contributed by atoms with Crippen LogP contribution in [0.2, 0.25) is 0 Å². The van der Waals surface area contributed by atoms with Crippen molar-refractivity contribution in [2.75, 3.05) is 38.1 Å². The van der Waals surface area contributed by atoms with Crippen LogP contribution < -0.4 is 15.8 Å². The molecule has 1 aliphatic carbocycles. The van der Waals surface area contributed by atoms with Gasteiger partial charge in [0.25, 0.3) is 5.56 Å². The van der Waals surface area contributed by atoms with Crippen molar-refractivity contribution in [2.24, 2.45) is 18.0 Å². The first kappa shape index (κ1) is 31.9. The van der Waals surface area contributed by atoms with E-state index in [2.05, 4.69) is 26.7 Å². The number of hydrogen-bond acceptors (Lipinski definition) is 6. The van der Waals surface area contributed by atoms with Gasteiger partial charge in [-0.1, -0.05) is 31.2 Å². The number of hydrogen-bond donors (Lipinski definition) is 1. The Hall–Kier alpha value is -4.02. The van der Waals surface area contributed by atoms with Crippen molar-refractivity contribution in [1.82, 2.24) is 19.7 Å². The van der Waals surface area contributed by atoms with E-state index in [0.717, 1.165) is 34.3 Å². The second kappa shape index (κ2) is 13.1. The number of alkyl halides is 3. The molecule has 1 aromatic heterocycles. The van der Waals surface area contributed by atoms with Crippen LogP contribution in [0, 0.1) is 12.8 Å². The van der Waals surface area contributed by atoms with Gasteiger partial charge in [0.1, 0.15) is 23.4 Å². The molecule has 2 atom stereocenters. The lowest BCUT2D eigenvalue weighted by Gasteiger charge is -2.41. The van der Waals surface area contributed by atoms with E-state index in [1.165, 1.54) is 12.1 Å². The lowest BCUT2D eigenvalue weighted by molar-refractivity contribution is -0.166. The number of piperazine rings is 1. The van der Waals surface area contributed by atoms with Crippen LogP contribution in [0.4, 0.5) is 23.4 Å². The summed E-state index contributed by atoms with van der Waals surface area (Å²) >= 11 is 0. The Balaban J connectivity index is 1.72. The summed E-state index contributed by atoms with van der Waals surface area (Å²) < 4.78 is 56.9. The number of aryl methyl sites for hydroxylation is 2. The molecule has 3 aliphatic rings. The SMILES string of the molecule is C=C1C=NC=C(N2CCN(c3cc(CC)c([C@@H](C)NC4=CC=C(F)CC4C(F)(F)F)cc(C)ccc(=O)n3C)CC2)N1C. The Morgan fingerprint density at radius 2 is 1.77 bits per heavy atom. The number of rotatable bonds is 6.